The standard InChI is InChI=1S/C12H15NO3S/c1-7-5-8(7)10(14)11-13-6-9(17-11)12(2)15-3-4-16-12/h6-8H,3-5H2,1-2H3. The molecule has 0 amide bonds. The molecule has 1 aromatic rings. The van der Waals surface area contributed by atoms with Gasteiger partial charge in [0.2, 0.25) is 5.79 Å². The van der Waals surface area contributed by atoms with Crippen LogP contribution in [0.4, 0.5) is 0 Å². The predicted molar refractivity (Wildman–Crippen MR) is 63.0 cm³/mol. The second-order valence-corrected chi connectivity index (χ2v) is 5.89. The molecule has 0 spiro atoms. The molecule has 1 saturated heterocycles. The van der Waals surface area contributed by atoms with E-state index in [9.17, 15) is 4.79 Å². The number of ether oxygens (including phenoxy) is 2. The van der Waals surface area contributed by atoms with Crippen LogP contribution in [0.5, 0.6) is 0 Å². The zero-order chi connectivity index (χ0) is 12.0. The Labute approximate surface area is 104 Å². The number of Topliss-reactive ketones (excluding diaryl/α,β-unsaturated/α-hetero) is 1. The summed E-state index contributed by atoms with van der Waals surface area (Å²) >= 11 is 1.40. The van der Waals surface area contributed by atoms with E-state index in [1.165, 1.54) is 11.3 Å². The van der Waals surface area contributed by atoms with Crippen LogP contribution in [0.2, 0.25) is 0 Å². The Balaban J connectivity index is 1.80. The van der Waals surface area contributed by atoms with Crippen LogP contribution in [0, 0.1) is 11.8 Å². The molecule has 0 bridgehead atoms. The number of carbonyl (C=O) groups is 1. The number of nitrogens with zero attached hydrogens (tertiary/aromatic N) is 1. The van der Waals surface area contributed by atoms with Crippen molar-refractivity contribution < 1.29 is 14.3 Å². The van der Waals surface area contributed by atoms with Crippen LogP contribution in [0.15, 0.2) is 6.20 Å². The molecule has 4 nitrogen and oxygen atoms in total. The third kappa shape index (κ3) is 1.92. The van der Waals surface area contributed by atoms with Gasteiger partial charge in [-0.15, -0.1) is 11.3 Å². The lowest BCUT2D eigenvalue weighted by Gasteiger charge is -2.19. The van der Waals surface area contributed by atoms with Gasteiger partial charge in [0, 0.05) is 12.1 Å². The smallest absolute Gasteiger partial charge is 0.203 e. The molecule has 92 valence electrons. The molecule has 2 aliphatic rings. The maximum absolute atomic E-state index is 12.0. The Morgan fingerprint density at radius 3 is 2.76 bits per heavy atom. The first-order valence-corrected chi connectivity index (χ1v) is 6.70. The monoisotopic (exact) mass is 253 g/mol. The second-order valence-electron chi connectivity index (χ2n) is 4.86. The van der Waals surface area contributed by atoms with Gasteiger partial charge in [-0.25, -0.2) is 4.98 Å². The molecular weight excluding hydrogens is 238 g/mol. The predicted octanol–water partition coefficient (Wildman–Crippen LogP) is 2.20. The van der Waals surface area contributed by atoms with Crippen LogP contribution in [0.1, 0.15) is 34.9 Å². The molecule has 1 aliphatic carbocycles. The molecule has 3 rings (SSSR count). The largest absolute Gasteiger partial charge is 0.343 e. The molecule has 17 heavy (non-hydrogen) atoms. The van der Waals surface area contributed by atoms with E-state index in [0.717, 1.165) is 11.3 Å². The minimum atomic E-state index is -0.703. The van der Waals surface area contributed by atoms with Gasteiger partial charge in [0.25, 0.3) is 0 Å². The van der Waals surface area contributed by atoms with Crippen molar-refractivity contribution in [3.63, 3.8) is 0 Å². The number of hydrogen-bond acceptors (Lipinski definition) is 5. The van der Waals surface area contributed by atoms with Crippen molar-refractivity contribution in [1.29, 1.82) is 0 Å². The van der Waals surface area contributed by atoms with E-state index in [1.807, 2.05) is 6.92 Å². The highest BCUT2D eigenvalue weighted by atomic mass is 32.1. The lowest BCUT2D eigenvalue weighted by molar-refractivity contribution is -0.147. The molecule has 2 unspecified atom stereocenters. The van der Waals surface area contributed by atoms with E-state index in [0.29, 0.717) is 24.1 Å². The van der Waals surface area contributed by atoms with Gasteiger partial charge in [0.1, 0.15) is 0 Å². The number of aromatic nitrogens is 1. The summed E-state index contributed by atoms with van der Waals surface area (Å²) in [4.78, 5) is 17.1. The first kappa shape index (κ1) is 11.3. The van der Waals surface area contributed by atoms with Gasteiger partial charge in [-0.05, 0) is 19.3 Å². The van der Waals surface area contributed by atoms with Gasteiger partial charge in [-0.2, -0.15) is 0 Å². The second kappa shape index (κ2) is 3.86. The number of carbonyl (C=O) groups excluding carboxylic acids is 1. The third-order valence-corrected chi connectivity index (χ3v) is 4.64. The van der Waals surface area contributed by atoms with Crippen molar-refractivity contribution in [2.75, 3.05) is 13.2 Å². The van der Waals surface area contributed by atoms with Crippen molar-refractivity contribution in [2.45, 2.75) is 26.1 Å². The fourth-order valence-corrected chi connectivity index (χ4v) is 3.08. The highest BCUT2D eigenvalue weighted by Gasteiger charge is 2.42. The highest BCUT2D eigenvalue weighted by Crippen LogP contribution is 2.42. The summed E-state index contributed by atoms with van der Waals surface area (Å²) in [6.07, 6.45) is 2.70. The summed E-state index contributed by atoms with van der Waals surface area (Å²) in [5.74, 6) is 0.178. The SMILES string of the molecule is CC1CC1C(=O)c1ncc(C2(C)OCCO2)s1. The Morgan fingerprint density at radius 2 is 2.18 bits per heavy atom. The maximum Gasteiger partial charge on any atom is 0.203 e. The highest BCUT2D eigenvalue weighted by molar-refractivity contribution is 7.13. The zero-order valence-corrected chi connectivity index (χ0v) is 10.8. The summed E-state index contributed by atoms with van der Waals surface area (Å²) in [5.41, 5.74) is 0. The quantitative estimate of drug-likeness (QED) is 0.775. The maximum atomic E-state index is 12.0. The Kier molecular flexibility index (Phi) is 2.57. The molecule has 0 radical (unpaired) electrons. The summed E-state index contributed by atoms with van der Waals surface area (Å²) in [5, 5.41) is 0.592. The molecule has 2 heterocycles. The van der Waals surface area contributed by atoms with Crippen LogP contribution < -0.4 is 0 Å². The molecule has 0 N–H and O–H groups in total. The van der Waals surface area contributed by atoms with Gasteiger partial charge in [0.15, 0.2) is 10.8 Å². The Morgan fingerprint density at radius 1 is 1.53 bits per heavy atom. The molecule has 5 heteroatoms. The van der Waals surface area contributed by atoms with Gasteiger partial charge in [-0.3, -0.25) is 4.79 Å². The van der Waals surface area contributed by atoms with Crippen molar-refractivity contribution in [3.05, 3.63) is 16.1 Å². The zero-order valence-electron chi connectivity index (χ0n) is 9.93. The van der Waals surface area contributed by atoms with Crippen LogP contribution in [-0.2, 0) is 15.3 Å². The average molecular weight is 253 g/mol. The first-order valence-electron chi connectivity index (χ1n) is 5.88. The fourth-order valence-electron chi connectivity index (χ4n) is 2.10. The third-order valence-electron chi connectivity index (χ3n) is 3.45. The topological polar surface area (TPSA) is 48.4 Å². The molecule has 1 aliphatic heterocycles. The van der Waals surface area contributed by atoms with E-state index < -0.39 is 5.79 Å². The van der Waals surface area contributed by atoms with Crippen LogP contribution >= 0.6 is 11.3 Å². The van der Waals surface area contributed by atoms with Gasteiger partial charge >= 0.3 is 0 Å². The van der Waals surface area contributed by atoms with E-state index in [-0.39, 0.29) is 11.7 Å². The van der Waals surface area contributed by atoms with Crippen LogP contribution in [0.25, 0.3) is 0 Å². The van der Waals surface area contributed by atoms with Gasteiger partial charge in [-0.1, -0.05) is 6.92 Å². The minimum absolute atomic E-state index is 0.176. The molecule has 2 atom stereocenters. The van der Waals surface area contributed by atoms with E-state index in [4.69, 9.17) is 9.47 Å². The first-order chi connectivity index (χ1) is 8.10. The lowest BCUT2D eigenvalue weighted by atomic mass is 10.2. The molecular formula is C12H15NO3S. The molecule has 2 fully saturated rings. The normalized spacial score (nSPS) is 30.5. The van der Waals surface area contributed by atoms with E-state index in [2.05, 4.69) is 11.9 Å². The number of thiazole rings is 1. The van der Waals surface area contributed by atoms with Crippen molar-refractivity contribution >= 4 is 17.1 Å². The Bertz CT molecular complexity index is 450. The van der Waals surface area contributed by atoms with E-state index >= 15 is 0 Å². The summed E-state index contributed by atoms with van der Waals surface area (Å²) < 4.78 is 11.1. The summed E-state index contributed by atoms with van der Waals surface area (Å²) in [6.45, 7) is 5.16. The van der Waals surface area contributed by atoms with Crippen LogP contribution in [-0.4, -0.2) is 24.0 Å². The van der Waals surface area contributed by atoms with Crippen molar-refractivity contribution in [2.24, 2.45) is 11.8 Å². The molecule has 1 saturated carbocycles. The van der Waals surface area contributed by atoms with Crippen LogP contribution in [0.3, 0.4) is 0 Å². The Hall–Kier alpha value is -0.780. The van der Waals surface area contributed by atoms with Gasteiger partial charge < -0.3 is 9.47 Å². The van der Waals surface area contributed by atoms with E-state index in [1.54, 1.807) is 6.20 Å². The lowest BCUT2D eigenvalue weighted by Crippen LogP contribution is -2.20. The number of ketones is 1. The van der Waals surface area contributed by atoms with Crippen molar-refractivity contribution in [1.82, 2.24) is 4.98 Å². The van der Waals surface area contributed by atoms with Gasteiger partial charge in [0.05, 0.1) is 18.1 Å². The summed E-state index contributed by atoms with van der Waals surface area (Å²) in [7, 11) is 0. The molecule has 1 aromatic heterocycles. The number of hydrogen-bond donors (Lipinski definition) is 0. The fraction of sp³-hybridized carbons (Fsp3) is 0.667. The number of rotatable bonds is 3. The molecule has 0 aromatic carbocycles. The summed E-state index contributed by atoms with van der Waals surface area (Å²) in [6, 6.07) is 0. The minimum Gasteiger partial charge on any atom is -0.343 e. The average Bonchev–Trinajstić information content (AvgIpc) is 2.75. The van der Waals surface area contributed by atoms with Crippen molar-refractivity contribution in [3.8, 4) is 0 Å².